The highest BCUT2D eigenvalue weighted by Crippen LogP contribution is 2.48. The number of esters is 1. The van der Waals surface area contributed by atoms with Crippen molar-refractivity contribution in [3.8, 4) is 5.75 Å². The molecule has 0 aliphatic heterocycles. The largest absolute Gasteiger partial charge is 0.485 e. The van der Waals surface area contributed by atoms with Gasteiger partial charge in [-0.25, -0.2) is 13.8 Å². The minimum absolute atomic E-state index is 0.177. The van der Waals surface area contributed by atoms with Gasteiger partial charge in [-0.15, -0.1) is 0 Å². The van der Waals surface area contributed by atoms with Gasteiger partial charge >= 0.3 is 5.97 Å². The Hall–Kier alpha value is -3.20. The first kappa shape index (κ1) is 25.9. The number of fused-ring (bicyclic) bond motifs is 1. The Morgan fingerprint density at radius 1 is 1.22 bits per heavy atom. The molecule has 1 aliphatic rings. The summed E-state index contributed by atoms with van der Waals surface area (Å²) in [5.41, 5.74) is -0.148. The zero-order valence-corrected chi connectivity index (χ0v) is 21.3. The van der Waals surface area contributed by atoms with Gasteiger partial charge in [0.25, 0.3) is 5.91 Å². The SMILES string of the molecule is Cc1nc2c(OCc3c(F)cccc3F)cc(Cl)cn2c1C(=O)NCC1(CC(=O)OC(C)(C)C)CC1. The zero-order valence-electron chi connectivity index (χ0n) is 20.6. The van der Waals surface area contributed by atoms with Crippen LogP contribution in [0.4, 0.5) is 8.78 Å². The monoisotopic (exact) mass is 519 g/mol. The van der Waals surface area contributed by atoms with Crippen LogP contribution >= 0.6 is 11.6 Å². The summed E-state index contributed by atoms with van der Waals surface area (Å²) in [6.45, 7) is 7.05. The van der Waals surface area contributed by atoms with Crippen molar-refractivity contribution >= 4 is 29.1 Å². The van der Waals surface area contributed by atoms with Crippen molar-refractivity contribution in [1.82, 2.24) is 14.7 Å². The Bertz CT molecular complexity index is 1310. The molecule has 2 heterocycles. The van der Waals surface area contributed by atoms with E-state index in [4.69, 9.17) is 21.1 Å². The van der Waals surface area contributed by atoms with E-state index in [-0.39, 0.29) is 58.0 Å². The molecule has 4 rings (SSSR count). The lowest BCUT2D eigenvalue weighted by Gasteiger charge is -2.22. The number of pyridine rings is 1. The van der Waals surface area contributed by atoms with Gasteiger partial charge in [-0.3, -0.25) is 14.0 Å². The van der Waals surface area contributed by atoms with Crippen LogP contribution in [0.15, 0.2) is 30.5 Å². The summed E-state index contributed by atoms with van der Waals surface area (Å²) in [6, 6.07) is 5.04. The van der Waals surface area contributed by atoms with Crippen LogP contribution in [-0.2, 0) is 16.1 Å². The molecule has 1 saturated carbocycles. The van der Waals surface area contributed by atoms with Crippen molar-refractivity contribution in [2.24, 2.45) is 5.41 Å². The first-order chi connectivity index (χ1) is 16.9. The van der Waals surface area contributed by atoms with Gasteiger partial charge in [-0.1, -0.05) is 17.7 Å². The van der Waals surface area contributed by atoms with E-state index in [0.29, 0.717) is 12.2 Å². The third kappa shape index (κ3) is 5.78. The van der Waals surface area contributed by atoms with E-state index in [9.17, 15) is 18.4 Å². The van der Waals surface area contributed by atoms with Crippen LogP contribution in [-0.4, -0.2) is 33.4 Å². The molecule has 0 bridgehead atoms. The number of hydrogen-bond acceptors (Lipinski definition) is 5. The number of imidazole rings is 1. The number of carbonyl (C=O) groups is 2. The van der Waals surface area contributed by atoms with Gasteiger partial charge in [0.05, 0.1) is 22.7 Å². The minimum atomic E-state index is -0.729. The first-order valence-corrected chi connectivity index (χ1v) is 12.0. The van der Waals surface area contributed by atoms with E-state index >= 15 is 0 Å². The maximum atomic E-state index is 14.0. The third-order valence-corrected chi connectivity index (χ3v) is 6.20. The fraction of sp³-hybridized carbons (Fsp3) is 0.423. The quantitative estimate of drug-likeness (QED) is 0.403. The van der Waals surface area contributed by atoms with Gasteiger partial charge in [0.2, 0.25) is 0 Å². The standard InChI is InChI=1S/C26H28ClF2N3O4/c1-15-22(24(34)30-14-26(8-9-26)11-21(33)36-25(2,3)4)32-12-16(27)10-20(23(32)31-15)35-13-17-18(28)6-5-7-19(17)29/h5-7,10,12H,8-9,11,13-14H2,1-4H3,(H,30,34). The molecule has 192 valence electrons. The maximum Gasteiger partial charge on any atom is 0.306 e. The third-order valence-electron chi connectivity index (χ3n) is 6.00. The maximum absolute atomic E-state index is 14.0. The molecule has 3 aromatic rings. The lowest BCUT2D eigenvalue weighted by molar-refractivity contribution is -0.156. The van der Waals surface area contributed by atoms with Gasteiger partial charge in [-0.2, -0.15) is 0 Å². The van der Waals surface area contributed by atoms with E-state index in [1.165, 1.54) is 22.7 Å². The number of ether oxygens (including phenoxy) is 2. The predicted octanol–water partition coefficient (Wildman–Crippen LogP) is 5.40. The minimum Gasteiger partial charge on any atom is -0.485 e. The summed E-state index contributed by atoms with van der Waals surface area (Å²) in [5, 5.41) is 3.16. The number of benzene rings is 1. The summed E-state index contributed by atoms with van der Waals surface area (Å²) in [6.07, 6.45) is 3.38. The van der Waals surface area contributed by atoms with Crippen LogP contribution in [0.1, 0.15) is 61.8 Å². The number of nitrogens with one attached hydrogen (secondary N) is 1. The molecular weight excluding hydrogens is 492 g/mol. The zero-order chi connectivity index (χ0) is 26.3. The molecule has 2 aromatic heterocycles. The van der Waals surface area contributed by atoms with Crippen LogP contribution in [0.3, 0.4) is 0 Å². The summed E-state index contributed by atoms with van der Waals surface area (Å²) >= 11 is 6.26. The van der Waals surface area contributed by atoms with E-state index in [2.05, 4.69) is 10.3 Å². The van der Waals surface area contributed by atoms with Crippen molar-refractivity contribution < 1.29 is 27.8 Å². The number of nitrogens with zero attached hydrogens (tertiary/aromatic N) is 2. The molecule has 0 atom stereocenters. The highest BCUT2D eigenvalue weighted by Gasteiger charge is 2.45. The molecule has 10 heteroatoms. The fourth-order valence-corrected chi connectivity index (χ4v) is 4.22. The molecule has 0 unspecified atom stereocenters. The lowest BCUT2D eigenvalue weighted by Crippen LogP contribution is -2.34. The molecule has 1 aromatic carbocycles. The normalized spacial score (nSPS) is 14.5. The van der Waals surface area contributed by atoms with Crippen LogP contribution in [0.2, 0.25) is 5.02 Å². The van der Waals surface area contributed by atoms with E-state index in [0.717, 1.165) is 25.0 Å². The second kappa shape index (κ2) is 9.69. The molecule has 1 fully saturated rings. The number of halogens is 3. The lowest BCUT2D eigenvalue weighted by atomic mass is 10.0. The number of carbonyl (C=O) groups excluding carboxylic acids is 2. The van der Waals surface area contributed by atoms with E-state index in [1.807, 2.05) is 20.8 Å². The highest BCUT2D eigenvalue weighted by molar-refractivity contribution is 6.30. The Morgan fingerprint density at radius 2 is 1.89 bits per heavy atom. The van der Waals surface area contributed by atoms with Crippen LogP contribution in [0.25, 0.3) is 5.65 Å². The highest BCUT2D eigenvalue weighted by atomic mass is 35.5. The first-order valence-electron chi connectivity index (χ1n) is 11.6. The van der Waals surface area contributed by atoms with Crippen molar-refractivity contribution in [2.75, 3.05) is 6.54 Å². The molecule has 0 saturated heterocycles. The summed E-state index contributed by atoms with van der Waals surface area (Å²) in [4.78, 5) is 29.9. The van der Waals surface area contributed by atoms with Gasteiger partial charge in [0, 0.05) is 18.8 Å². The second-order valence-corrected chi connectivity index (χ2v) is 10.6. The molecule has 1 aliphatic carbocycles. The van der Waals surface area contributed by atoms with Crippen LogP contribution in [0, 0.1) is 24.0 Å². The molecule has 1 N–H and O–H groups in total. The average Bonchev–Trinajstić information content (AvgIpc) is 3.43. The smallest absolute Gasteiger partial charge is 0.306 e. The molecule has 7 nitrogen and oxygen atoms in total. The Balaban J connectivity index is 1.51. The predicted molar refractivity (Wildman–Crippen MR) is 130 cm³/mol. The van der Waals surface area contributed by atoms with Crippen molar-refractivity contribution in [3.05, 3.63) is 64.1 Å². The van der Waals surface area contributed by atoms with E-state index in [1.54, 1.807) is 6.92 Å². The molecule has 36 heavy (non-hydrogen) atoms. The van der Waals surface area contributed by atoms with Gasteiger partial charge in [0.1, 0.15) is 29.5 Å². The van der Waals surface area contributed by atoms with Gasteiger partial charge in [0.15, 0.2) is 11.4 Å². The summed E-state index contributed by atoms with van der Waals surface area (Å²) < 4.78 is 40.6. The number of amides is 1. The molecular formula is C26H28ClF2N3O4. The molecule has 0 spiro atoms. The number of hydrogen-bond donors (Lipinski definition) is 1. The van der Waals surface area contributed by atoms with Crippen molar-refractivity contribution in [1.29, 1.82) is 0 Å². The summed E-state index contributed by atoms with van der Waals surface area (Å²) in [5.74, 6) is -1.96. The number of aryl methyl sites for hydroxylation is 1. The molecule has 0 radical (unpaired) electrons. The average molecular weight is 520 g/mol. The van der Waals surface area contributed by atoms with Crippen molar-refractivity contribution in [2.45, 2.75) is 59.2 Å². The van der Waals surface area contributed by atoms with Crippen molar-refractivity contribution in [3.63, 3.8) is 0 Å². The summed E-state index contributed by atoms with van der Waals surface area (Å²) in [7, 11) is 0. The Labute approximate surface area is 212 Å². The Morgan fingerprint density at radius 3 is 2.50 bits per heavy atom. The number of rotatable bonds is 8. The van der Waals surface area contributed by atoms with Crippen LogP contribution in [0.5, 0.6) is 5.75 Å². The number of aromatic nitrogens is 2. The molecule has 1 amide bonds. The Kier molecular flexibility index (Phi) is 6.96. The van der Waals surface area contributed by atoms with E-state index < -0.39 is 17.2 Å². The van der Waals surface area contributed by atoms with Crippen LogP contribution < -0.4 is 10.1 Å². The van der Waals surface area contributed by atoms with Gasteiger partial charge in [-0.05, 0) is 58.1 Å². The second-order valence-electron chi connectivity index (χ2n) is 10.2. The topological polar surface area (TPSA) is 81.9 Å². The van der Waals surface area contributed by atoms with Gasteiger partial charge < -0.3 is 14.8 Å². The fourth-order valence-electron chi connectivity index (χ4n) is 4.02.